The summed E-state index contributed by atoms with van der Waals surface area (Å²) in [5, 5.41) is 7.32. The molecule has 0 fully saturated rings. The highest BCUT2D eigenvalue weighted by Gasteiger charge is 2.35. The lowest BCUT2D eigenvalue weighted by Gasteiger charge is -2.40. The second-order valence-corrected chi connectivity index (χ2v) is 11.5. The molecule has 0 spiro atoms. The SMILES string of the molecule is CC(C)(C)OC(=O)N1Cc2cc(NC(=O)c3cccnc3NCc3c[nH]c4ncccc34)ccc2C(C)(C)C1. The van der Waals surface area contributed by atoms with Gasteiger partial charge in [-0.25, -0.2) is 14.8 Å². The maximum Gasteiger partial charge on any atom is 0.410 e. The van der Waals surface area contributed by atoms with Crippen LogP contribution in [0.15, 0.2) is 61.1 Å². The van der Waals surface area contributed by atoms with E-state index in [0.717, 1.165) is 27.7 Å². The van der Waals surface area contributed by atoms with Crippen LogP contribution in [-0.2, 0) is 23.2 Å². The molecule has 1 aliphatic heterocycles. The smallest absolute Gasteiger partial charge is 0.410 e. The number of ether oxygens (including phenoxy) is 1. The van der Waals surface area contributed by atoms with Gasteiger partial charge in [0.15, 0.2) is 0 Å². The van der Waals surface area contributed by atoms with Crippen molar-refractivity contribution in [1.82, 2.24) is 19.9 Å². The number of pyridine rings is 2. The number of carbonyl (C=O) groups is 2. The molecule has 5 rings (SSSR count). The molecule has 0 atom stereocenters. The zero-order valence-corrected chi connectivity index (χ0v) is 23.0. The maximum absolute atomic E-state index is 13.3. The van der Waals surface area contributed by atoms with E-state index in [-0.39, 0.29) is 17.4 Å². The summed E-state index contributed by atoms with van der Waals surface area (Å²) in [7, 11) is 0. The second kappa shape index (κ2) is 10.1. The summed E-state index contributed by atoms with van der Waals surface area (Å²) in [5.74, 6) is 0.216. The quantitative estimate of drug-likeness (QED) is 0.301. The Hall–Kier alpha value is -4.40. The van der Waals surface area contributed by atoms with Crippen LogP contribution in [0.4, 0.5) is 16.3 Å². The number of nitrogens with zero attached hydrogens (tertiary/aromatic N) is 3. The molecular weight excluding hydrogens is 492 g/mol. The Morgan fingerprint density at radius 3 is 2.67 bits per heavy atom. The minimum Gasteiger partial charge on any atom is -0.444 e. The highest BCUT2D eigenvalue weighted by molar-refractivity contribution is 6.07. The van der Waals surface area contributed by atoms with E-state index in [2.05, 4.69) is 39.4 Å². The summed E-state index contributed by atoms with van der Waals surface area (Å²) in [6.45, 7) is 11.3. The fraction of sp³-hybridized carbons (Fsp3) is 0.333. The summed E-state index contributed by atoms with van der Waals surface area (Å²) < 4.78 is 5.62. The van der Waals surface area contributed by atoms with Crippen LogP contribution in [0.1, 0.15) is 61.7 Å². The molecule has 0 unspecified atom stereocenters. The number of amides is 2. The number of rotatable bonds is 5. The van der Waals surface area contributed by atoms with Crippen molar-refractivity contribution in [1.29, 1.82) is 0 Å². The molecule has 4 heterocycles. The average molecular weight is 527 g/mol. The second-order valence-electron chi connectivity index (χ2n) is 11.5. The molecule has 39 heavy (non-hydrogen) atoms. The Morgan fingerprint density at radius 2 is 1.87 bits per heavy atom. The molecule has 3 N–H and O–H groups in total. The van der Waals surface area contributed by atoms with E-state index in [9.17, 15) is 9.59 Å². The first-order chi connectivity index (χ1) is 18.5. The Bertz CT molecular complexity index is 1540. The van der Waals surface area contributed by atoms with Gasteiger partial charge >= 0.3 is 6.09 Å². The molecule has 0 bridgehead atoms. The highest BCUT2D eigenvalue weighted by Crippen LogP contribution is 2.35. The molecule has 1 aliphatic rings. The van der Waals surface area contributed by atoms with Crippen molar-refractivity contribution in [2.45, 2.75) is 58.7 Å². The van der Waals surface area contributed by atoms with Crippen LogP contribution >= 0.6 is 0 Å². The molecule has 3 aromatic heterocycles. The number of aromatic nitrogens is 3. The van der Waals surface area contributed by atoms with Gasteiger partial charge in [-0.05, 0) is 73.9 Å². The molecule has 1 aromatic carbocycles. The minimum absolute atomic E-state index is 0.259. The molecule has 2 amide bonds. The van der Waals surface area contributed by atoms with Crippen LogP contribution in [-0.4, -0.2) is 44.0 Å². The summed E-state index contributed by atoms with van der Waals surface area (Å²) in [6.07, 6.45) is 4.96. The normalized spacial score (nSPS) is 14.5. The van der Waals surface area contributed by atoms with E-state index in [0.29, 0.717) is 36.7 Å². The molecule has 9 nitrogen and oxygen atoms in total. The molecule has 202 valence electrons. The topological polar surface area (TPSA) is 112 Å². The third-order valence-corrected chi connectivity index (χ3v) is 6.73. The fourth-order valence-corrected chi connectivity index (χ4v) is 5.01. The number of benzene rings is 1. The summed E-state index contributed by atoms with van der Waals surface area (Å²) in [5.41, 5.74) is 4.23. The molecule has 4 aromatic rings. The first-order valence-electron chi connectivity index (χ1n) is 13.0. The number of carbonyl (C=O) groups excluding carboxylic acids is 2. The molecule has 0 saturated heterocycles. The van der Waals surface area contributed by atoms with Crippen LogP contribution in [0.3, 0.4) is 0 Å². The van der Waals surface area contributed by atoms with Crippen molar-refractivity contribution >= 4 is 34.5 Å². The van der Waals surface area contributed by atoms with E-state index < -0.39 is 5.60 Å². The molecule has 9 heteroatoms. The van der Waals surface area contributed by atoms with Crippen molar-refractivity contribution in [3.8, 4) is 0 Å². The predicted octanol–water partition coefficient (Wildman–Crippen LogP) is 5.85. The van der Waals surface area contributed by atoms with Gasteiger partial charge in [0.2, 0.25) is 0 Å². The third kappa shape index (κ3) is 5.72. The standard InChI is InChI=1S/C30H34N6O3/c1-29(2,3)39-28(38)36-17-19-14-21(10-11-24(19)30(4,5)18-36)35-27(37)23-9-7-13-32-26(23)34-16-20-15-33-25-22(20)8-6-12-31-25/h6-15H,16-18H2,1-5H3,(H,31,33)(H,32,34)(H,35,37). The molecule has 0 saturated carbocycles. The lowest BCUT2D eigenvalue weighted by Crippen LogP contribution is -2.46. The number of fused-ring (bicyclic) bond motifs is 2. The number of hydrogen-bond acceptors (Lipinski definition) is 6. The van der Waals surface area contributed by atoms with Gasteiger partial charge in [0.25, 0.3) is 5.91 Å². The zero-order chi connectivity index (χ0) is 27.8. The first-order valence-corrected chi connectivity index (χ1v) is 13.0. The number of nitrogens with one attached hydrogen (secondary N) is 3. The van der Waals surface area contributed by atoms with Crippen LogP contribution in [0.5, 0.6) is 0 Å². The Morgan fingerprint density at radius 1 is 1.10 bits per heavy atom. The van der Waals surface area contributed by atoms with Gasteiger partial charge in [0.1, 0.15) is 17.1 Å². The van der Waals surface area contributed by atoms with Gasteiger partial charge in [-0.2, -0.15) is 0 Å². The van der Waals surface area contributed by atoms with Crippen LogP contribution in [0.2, 0.25) is 0 Å². The molecule has 0 radical (unpaired) electrons. The average Bonchev–Trinajstić information content (AvgIpc) is 3.29. The third-order valence-electron chi connectivity index (χ3n) is 6.73. The number of hydrogen-bond donors (Lipinski definition) is 3. The minimum atomic E-state index is -0.572. The summed E-state index contributed by atoms with van der Waals surface area (Å²) >= 11 is 0. The van der Waals surface area contributed by atoms with E-state index in [1.54, 1.807) is 29.4 Å². The van der Waals surface area contributed by atoms with Crippen molar-refractivity contribution in [3.63, 3.8) is 0 Å². The summed E-state index contributed by atoms with van der Waals surface area (Å²) in [6, 6.07) is 13.3. The predicted molar refractivity (Wildman–Crippen MR) is 152 cm³/mol. The number of aromatic amines is 1. The lowest BCUT2D eigenvalue weighted by molar-refractivity contribution is 0.0174. The monoisotopic (exact) mass is 526 g/mol. The Kier molecular flexibility index (Phi) is 6.76. The van der Waals surface area contributed by atoms with Gasteiger partial charge in [-0.1, -0.05) is 19.9 Å². The van der Waals surface area contributed by atoms with E-state index in [1.807, 2.05) is 57.3 Å². The number of H-pyrrole nitrogens is 1. The largest absolute Gasteiger partial charge is 0.444 e. The van der Waals surface area contributed by atoms with Crippen LogP contribution < -0.4 is 10.6 Å². The van der Waals surface area contributed by atoms with E-state index in [1.165, 1.54) is 0 Å². The zero-order valence-electron chi connectivity index (χ0n) is 23.0. The molecular formula is C30H34N6O3. The van der Waals surface area contributed by atoms with Gasteiger partial charge in [0.05, 0.1) is 5.56 Å². The van der Waals surface area contributed by atoms with Crippen molar-refractivity contribution in [3.05, 3.63) is 83.3 Å². The van der Waals surface area contributed by atoms with Crippen molar-refractivity contribution < 1.29 is 14.3 Å². The maximum atomic E-state index is 13.3. The fourth-order valence-electron chi connectivity index (χ4n) is 5.01. The van der Waals surface area contributed by atoms with Crippen LogP contribution in [0.25, 0.3) is 11.0 Å². The Balaban J connectivity index is 1.33. The lowest BCUT2D eigenvalue weighted by atomic mass is 9.78. The van der Waals surface area contributed by atoms with E-state index >= 15 is 0 Å². The number of anilines is 2. The van der Waals surface area contributed by atoms with Gasteiger partial charge in [-0.15, -0.1) is 0 Å². The van der Waals surface area contributed by atoms with Gasteiger partial charge < -0.3 is 25.3 Å². The van der Waals surface area contributed by atoms with Gasteiger partial charge in [-0.3, -0.25) is 4.79 Å². The Labute approximate surface area is 228 Å². The van der Waals surface area contributed by atoms with Crippen LogP contribution in [0, 0.1) is 0 Å². The van der Waals surface area contributed by atoms with Crippen molar-refractivity contribution in [2.24, 2.45) is 0 Å². The van der Waals surface area contributed by atoms with Crippen molar-refractivity contribution in [2.75, 3.05) is 17.2 Å². The summed E-state index contributed by atoms with van der Waals surface area (Å²) in [4.78, 5) is 39.8. The van der Waals surface area contributed by atoms with Gasteiger partial charge in [0, 0.05) is 54.7 Å². The first kappa shape index (κ1) is 26.2. The molecule has 0 aliphatic carbocycles. The highest BCUT2D eigenvalue weighted by atomic mass is 16.6. The van der Waals surface area contributed by atoms with E-state index in [4.69, 9.17) is 4.74 Å².